The first-order valence-electron chi connectivity index (χ1n) is 14.5. The normalized spacial score (nSPS) is 26.9. The highest BCUT2D eigenvalue weighted by molar-refractivity contribution is 6.28. The zero-order valence-corrected chi connectivity index (χ0v) is 24.5. The molecule has 9 heteroatoms. The largest absolute Gasteiger partial charge is 0.496 e. The van der Waals surface area contributed by atoms with E-state index in [1.807, 2.05) is 18.2 Å². The molecule has 2 amide bonds. The molecule has 3 N–H and O–H groups in total. The van der Waals surface area contributed by atoms with Crippen LogP contribution in [0.5, 0.6) is 5.75 Å². The number of amides is 2. The number of H-pyrrole nitrogens is 1. The number of ether oxygens (including phenoxy) is 1. The second kappa shape index (κ2) is 11.2. The first-order chi connectivity index (χ1) is 19.1. The van der Waals surface area contributed by atoms with Crippen molar-refractivity contribution < 1.29 is 23.9 Å². The van der Waals surface area contributed by atoms with Gasteiger partial charge >= 0.3 is 0 Å². The number of fused-ring (bicyclic) bond motifs is 2. The lowest BCUT2D eigenvalue weighted by atomic mass is 9.74. The van der Waals surface area contributed by atoms with E-state index in [4.69, 9.17) is 16.3 Å². The molecule has 40 heavy (non-hydrogen) atoms. The van der Waals surface area contributed by atoms with Gasteiger partial charge in [0.15, 0.2) is 11.6 Å². The van der Waals surface area contributed by atoms with Crippen molar-refractivity contribution in [3.05, 3.63) is 30.0 Å². The van der Waals surface area contributed by atoms with Gasteiger partial charge in [0.25, 0.3) is 5.91 Å². The number of nitrogens with one attached hydrogen (secondary N) is 3. The molecular weight excluding hydrogens is 530 g/mol. The minimum absolute atomic E-state index is 0.0227. The van der Waals surface area contributed by atoms with Crippen molar-refractivity contribution in [1.82, 2.24) is 15.6 Å². The van der Waals surface area contributed by atoms with Crippen molar-refractivity contribution in [2.45, 2.75) is 71.4 Å². The average molecular weight is 570 g/mol. The van der Waals surface area contributed by atoms with Crippen LogP contribution in [0.2, 0.25) is 0 Å². The third-order valence-electron chi connectivity index (χ3n) is 9.91. The predicted octanol–water partition coefficient (Wildman–Crippen LogP) is 4.65. The fourth-order valence-corrected chi connectivity index (χ4v) is 7.76. The molecule has 3 aliphatic rings. The Balaban J connectivity index is 1.40. The molecule has 8 nitrogen and oxygen atoms in total. The lowest BCUT2D eigenvalue weighted by Crippen LogP contribution is -2.52. The molecule has 2 unspecified atom stereocenters. The Morgan fingerprint density at radius 1 is 1.12 bits per heavy atom. The quantitative estimate of drug-likeness (QED) is 0.360. The van der Waals surface area contributed by atoms with Crippen LogP contribution in [-0.4, -0.2) is 53.4 Å². The van der Waals surface area contributed by atoms with E-state index < -0.39 is 23.9 Å². The molecular formula is C31H40ClN3O5. The number of hydrogen-bond acceptors (Lipinski definition) is 5. The summed E-state index contributed by atoms with van der Waals surface area (Å²) in [6, 6.07) is 5.94. The van der Waals surface area contributed by atoms with Crippen molar-refractivity contribution in [3.8, 4) is 5.75 Å². The van der Waals surface area contributed by atoms with Gasteiger partial charge in [-0.25, -0.2) is 0 Å². The van der Waals surface area contributed by atoms with Gasteiger partial charge in [-0.1, -0.05) is 39.2 Å². The SMILES string of the molecule is COc1cccc2[nH]c(C(=O)NC(C(=O)C3C[C@H]4[C@@H]([C@H]3C(=O)N[C@@H](C)C(=O)CCl)C4(C)C)C3CCCCC3)cc12. The molecule has 5 rings (SSSR count). The number of carbonyl (C=O) groups excluding carboxylic acids is 4. The molecule has 0 spiro atoms. The maximum atomic E-state index is 14.3. The first-order valence-corrected chi connectivity index (χ1v) is 15.0. The molecule has 2 aromatic rings. The molecule has 1 aromatic heterocycles. The first kappa shape index (κ1) is 28.7. The number of rotatable bonds is 10. The van der Waals surface area contributed by atoms with Crippen molar-refractivity contribution in [1.29, 1.82) is 0 Å². The topological polar surface area (TPSA) is 117 Å². The van der Waals surface area contributed by atoms with Crippen LogP contribution in [0.25, 0.3) is 10.9 Å². The summed E-state index contributed by atoms with van der Waals surface area (Å²) in [6.45, 7) is 5.91. The van der Waals surface area contributed by atoms with Gasteiger partial charge in [-0.15, -0.1) is 11.6 Å². The molecule has 0 bridgehead atoms. The number of carbonyl (C=O) groups is 4. The zero-order valence-electron chi connectivity index (χ0n) is 23.7. The van der Waals surface area contributed by atoms with Crippen LogP contribution in [0, 0.1) is 35.0 Å². The summed E-state index contributed by atoms with van der Waals surface area (Å²) in [6.07, 6.45) is 5.49. The van der Waals surface area contributed by atoms with Gasteiger partial charge in [0, 0.05) is 16.8 Å². The van der Waals surface area contributed by atoms with Gasteiger partial charge in [0.1, 0.15) is 11.4 Å². The molecule has 216 valence electrons. The van der Waals surface area contributed by atoms with Gasteiger partial charge in [-0.2, -0.15) is 0 Å². The fraction of sp³-hybridized carbons (Fsp3) is 0.613. The summed E-state index contributed by atoms with van der Waals surface area (Å²) >= 11 is 5.72. The molecule has 0 saturated heterocycles. The van der Waals surface area contributed by atoms with E-state index in [0.29, 0.717) is 17.9 Å². The Hall–Kier alpha value is -2.87. The number of halogens is 1. The van der Waals surface area contributed by atoms with Gasteiger partial charge in [-0.3, -0.25) is 19.2 Å². The maximum absolute atomic E-state index is 14.3. The van der Waals surface area contributed by atoms with Crippen LogP contribution in [0.3, 0.4) is 0 Å². The predicted molar refractivity (Wildman–Crippen MR) is 153 cm³/mol. The Morgan fingerprint density at radius 2 is 1.85 bits per heavy atom. The zero-order chi connectivity index (χ0) is 28.8. The number of benzene rings is 1. The van der Waals surface area contributed by atoms with E-state index in [0.717, 1.165) is 43.0 Å². The molecule has 1 aromatic carbocycles. The van der Waals surface area contributed by atoms with Crippen LogP contribution in [0.15, 0.2) is 24.3 Å². The Bertz CT molecular complexity index is 1310. The minimum atomic E-state index is -0.713. The number of aromatic nitrogens is 1. The van der Waals surface area contributed by atoms with E-state index in [1.54, 1.807) is 20.1 Å². The number of aromatic amines is 1. The monoisotopic (exact) mass is 569 g/mol. The molecule has 3 fully saturated rings. The van der Waals surface area contributed by atoms with Crippen molar-refractivity contribution >= 4 is 45.9 Å². The minimum Gasteiger partial charge on any atom is -0.496 e. The van der Waals surface area contributed by atoms with Crippen LogP contribution in [0.4, 0.5) is 0 Å². The highest BCUT2D eigenvalue weighted by atomic mass is 35.5. The van der Waals surface area contributed by atoms with Gasteiger partial charge < -0.3 is 20.4 Å². The molecule has 3 saturated carbocycles. The maximum Gasteiger partial charge on any atom is 0.268 e. The van der Waals surface area contributed by atoms with Crippen LogP contribution >= 0.6 is 11.6 Å². The summed E-state index contributed by atoms with van der Waals surface area (Å²) in [5, 5.41) is 6.72. The second-order valence-electron chi connectivity index (χ2n) is 12.5. The van der Waals surface area contributed by atoms with E-state index in [1.165, 1.54) is 0 Å². The van der Waals surface area contributed by atoms with Crippen LogP contribution < -0.4 is 15.4 Å². The van der Waals surface area contributed by atoms with E-state index >= 15 is 0 Å². The molecule has 1 heterocycles. The van der Waals surface area contributed by atoms with Gasteiger partial charge in [0.2, 0.25) is 5.91 Å². The smallest absolute Gasteiger partial charge is 0.268 e. The fourth-order valence-electron chi connectivity index (χ4n) is 7.53. The van der Waals surface area contributed by atoms with Crippen LogP contribution in [0.1, 0.15) is 69.8 Å². The number of alkyl halides is 1. The second-order valence-corrected chi connectivity index (χ2v) is 12.8. The van der Waals surface area contributed by atoms with Crippen molar-refractivity contribution in [2.24, 2.45) is 35.0 Å². The van der Waals surface area contributed by atoms with Crippen molar-refractivity contribution in [3.63, 3.8) is 0 Å². The Morgan fingerprint density at radius 3 is 2.52 bits per heavy atom. The summed E-state index contributed by atoms with van der Waals surface area (Å²) in [7, 11) is 1.59. The van der Waals surface area contributed by atoms with E-state index in [2.05, 4.69) is 29.5 Å². The molecule has 6 atom stereocenters. The summed E-state index contributed by atoms with van der Waals surface area (Å²) in [5.41, 5.74) is 1.11. The standard InChI is InChI=1S/C31H40ClN3O5/c1-16(23(36)15-32)33-30(39)25-19(13-20-26(25)31(20,2)3)28(37)27(17-9-6-5-7-10-17)35-29(38)22-14-18-21(34-22)11-8-12-24(18)40-4/h8,11-12,14,16-17,19-20,25-27,34H,5-7,9-10,13,15H2,1-4H3,(H,33,39)(H,35,38)/t16-,19?,20-,25-,26-,27?/m0/s1. The number of ketones is 2. The Labute approximate surface area is 240 Å². The molecule has 0 aliphatic heterocycles. The third kappa shape index (κ3) is 5.15. The highest BCUT2D eigenvalue weighted by Gasteiger charge is 2.70. The average Bonchev–Trinajstić information content (AvgIpc) is 3.34. The Kier molecular flexibility index (Phi) is 8.01. The number of hydrogen-bond donors (Lipinski definition) is 3. The molecule has 0 radical (unpaired) electrons. The number of Topliss-reactive ketones (excluding diaryl/α,β-unsaturated/α-hetero) is 2. The summed E-state index contributed by atoms with van der Waals surface area (Å²) in [4.78, 5) is 56.7. The van der Waals surface area contributed by atoms with Gasteiger partial charge in [0.05, 0.1) is 31.0 Å². The van der Waals surface area contributed by atoms with Crippen molar-refractivity contribution in [2.75, 3.05) is 13.0 Å². The highest BCUT2D eigenvalue weighted by Crippen LogP contribution is 2.71. The van der Waals surface area contributed by atoms with E-state index in [-0.39, 0.29) is 52.4 Å². The lowest BCUT2D eigenvalue weighted by molar-refractivity contribution is -0.137. The number of methoxy groups -OCH3 is 1. The summed E-state index contributed by atoms with van der Waals surface area (Å²) in [5.74, 6) is -1.11. The van der Waals surface area contributed by atoms with E-state index in [9.17, 15) is 19.2 Å². The lowest BCUT2D eigenvalue weighted by Gasteiger charge is -2.34. The van der Waals surface area contributed by atoms with Crippen LogP contribution in [-0.2, 0) is 14.4 Å². The summed E-state index contributed by atoms with van der Waals surface area (Å²) < 4.78 is 5.44. The van der Waals surface area contributed by atoms with Gasteiger partial charge in [-0.05, 0) is 67.6 Å². The third-order valence-corrected chi connectivity index (χ3v) is 10.2. The molecule has 3 aliphatic carbocycles.